The van der Waals surface area contributed by atoms with Crippen LogP contribution in [0.25, 0.3) is 22.3 Å². The van der Waals surface area contributed by atoms with Gasteiger partial charge in [-0.05, 0) is 44.0 Å². The minimum atomic E-state index is -0.0281. The van der Waals surface area contributed by atoms with Gasteiger partial charge >= 0.3 is 0 Å². The number of aryl methyl sites for hydroxylation is 1. The van der Waals surface area contributed by atoms with E-state index < -0.39 is 0 Å². The van der Waals surface area contributed by atoms with Crippen LogP contribution in [-0.4, -0.2) is 56.5 Å². The van der Waals surface area contributed by atoms with Gasteiger partial charge in [0, 0.05) is 42.8 Å². The zero-order chi connectivity index (χ0) is 22.6. The Bertz CT molecular complexity index is 1270. The molecule has 1 aromatic carbocycles. The van der Waals surface area contributed by atoms with Crippen LogP contribution < -0.4 is 15.5 Å². The van der Waals surface area contributed by atoms with Crippen LogP contribution >= 0.6 is 0 Å². The van der Waals surface area contributed by atoms with Crippen LogP contribution in [0.15, 0.2) is 55.1 Å². The van der Waals surface area contributed by atoms with Crippen molar-refractivity contribution in [2.24, 2.45) is 0 Å². The highest BCUT2D eigenvalue weighted by Crippen LogP contribution is 2.25. The Kier molecular flexibility index (Phi) is 5.84. The van der Waals surface area contributed by atoms with Crippen molar-refractivity contribution < 1.29 is 4.79 Å². The van der Waals surface area contributed by atoms with Crippen LogP contribution in [0.3, 0.4) is 0 Å². The van der Waals surface area contributed by atoms with Crippen molar-refractivity contribution in [3.05, 3.63) is 60.9 Å². The summed E-state index contributed by atoms with van der Waals surface area (Å²) in [5.41, 5.74) is 3.55. The van der Waals surface area contributed by atoms with Gasteiger partial charge in [-0.2, -0.15) is 0 Å². The van der Waals surface area contributed by atoms with Gasteiger partial charge < -0.3 is 20.5 Å². The molecule has 9 nitrogen and oxygen atoms in total. The predicted molar refractivity (Wildman–Crippen MR) is 128 cm³/mol. The Balaban J connectivity index is 1.18. The molecule has 4 aromatic rings. The lowest BCUT2D eigenvalue weighted by molar-refractivity contribution is -0.120. The van der Waals surface area contributed by atoms with E-state index >= 15 is 0 Å². The van der Waals surface area contributed by atoms with Crippen LogP contribution in [0.2, 0.25) is 0 Å². The topological polar surface area (TPSA) is 112 Å². The molecule has 9 heteroatoms. The number of H-pyrrole nitrogens is 1. The van der Waals surface area contributed by atoms with E-state index in [0.717, 1.165) is 65.6 Å². The average Bonchev–Trinajstić information content (AvgIpc) is 3.32. The molecule has 1 amide bonds. The van der Waals surface area contributed by atoms with Gasteiger partial charge in [0.25, 0.3) is 0 Å². The molecule has 1 fully saturated rings. The second-order valence-corrected chi connectivity index (χ2v) is 8.21. The van der Waals surface area contributed by atoms with E-state index in [2.05, 4.69) is 40.5 Å². The molecule has 1 aliphatic heterocycles. The highest BCUT2D eigenvalue weighted by atomic mass is 16.2. The zero-order valence-corrected chi connectivity index (χ0v) is 18.5. The van der Waals surface area contributed by atoms with E-state index in [9.17, 15) is 4.79 Å². The third-order valence-electron chi connectivity index (χ3n) is 5.81. The number of carbonyl (C=O) groups is 1. The molecule has 168 valence electrons. The maximum atomic E-state index is 12.7. The molecule has 5 rings (SSSR count). The van der Waals surface area contributed by atoms with Crippen molar-refractivity contribution in [1.29, 1.82) is 0 Å². The predicted octanol–water partition coefficient (Wildman–Crippen LogP) is 2.92. The molecule has 4 heterocycles. The standard InChI is InChI=1S/C24H26N8O/c1-16-25-10-8-21(30-16)17-4-2-5-18(12-17)27-13-22(33)31-19-6-3-11-32(14-19)24-20-7-9-26-23(20)28-15-29-24/h2,4-5,7-10,12,15,19,27H,3,6,11,13-14H2,1H3,(H,31,33)(H,26,28,29)/t19-/m1/s1. The number of aromatic amines is 1. The van der Waals surface area contributed by atoms with E-state index in [1.54, 1.807) is 12.5 Å². The first-order valence-electron chi connectivity index (χ1n) is 11.1. The number of amides is 1. The summed E-state index contributed by atoms with van der Waals surface area (Å²) in [5, 5.41) is 7.40. The summed E-state index contributed by atoms with van der Waals surface area (Å²) in [6.45, 7) is 3.72. The van der Waals surface area contributed by atoms with E-state index in [1.807, 2.05) is 49.5 Å². The molecule has 0 unspecified atom stereocenters. The van der Waals surface area contributed by atoms with Gasteiger partial charge in [-0.1, -0.05) is 12.1 Å². The highest BCUT2D eigenvalue weighted by molar-refractivity contribution is 5.87. The summed E-state index contributed by atoms with van der Waals surface area (Å²) >= 11 is 0. The Morgan fingerprint density at radius 1 is 1.21 bits per heavy atom. The molecule has 0 radical (unpaired) electrons. The molecule has 0 bridgehead atoms. The molecule has 3 aromatic heterocycles. The number of rotatable bonds is 6. The van der Waals surface area contributed by atoms with Crippen molar-refractivity contribution in [2.75, 3.05) is 29.9 Å². The normalized spacial score (nSPS) is 16.0. The first-order valence-corrected chi connectivity index (χ1v) is 11.1. The molecule has 0 aliphatic carbocycles. The molecule has 1 atom stereocenters. The second-order valence-electron chi connectivity index (χ2n) is 8.21. The van der Waals surface area contributed by atoms with Crippen molar-refractivity contribution in [1.82, 2.24) is 30.2 Å². The van der Waals surface area contributed by atoms with Crippen molar-refractivity contribution in [2.45, 2.75) is 25.8 Å². The highest BCUT2D eigenvalue weighted by Gasteiger charge is 2.23. The summed E-state index contributed by atoms with van der Waals surface area (Å²) in [6, 6.07) is 11.8. The number of carbonyl (C=O) groups excluding carboxylic acids is 1. The smallest absolute Gasteiger partial charge is 0.239 e. The maximum Gasteiger partial charge on any atom is 0.239 e. The number of hydrogen-bond acceptors (Lipinski definition) is 7. The summed E-state index contributed by atoms with van der Waals surface area (Å²) in [7, 11) is 0. The van der Waals surface area contributed by atoms with E-state index in [4.69, 9.17) is 0 Å². The Morgan fingerprint density at radius 2 is 2.15 bits per heavy atom. The van der Waals surface area contributed by atoms with Gasteiger partial charge in [0.15, 0.2) is 0 Å². The second kappa shape index (κ2) is 9.23. The Hall–Kier alpha value is -4.01. The van der Waals surface area contributed by atoms with Gasteiger partial charge in [0.1, 0.15) is 23.6 Å². The molecule has 1 saturated heterocycles. The number of benzene rings is 1. The first kappa shape index (κ1) is 20.9. The summed E-state index contributed by atoms with van der Waals surface area (Å²) in [6.07, 6.45) is 7.15. The average molecular weight is 443 g/mol. The van der Waals surface area contributed by atoms with E-state index in [1.165, 1.54) is 0 Å². The van der Waals surface area contributed by atoms with Gasteiger partial charge in [-0.25, -0.2) is 19.9 Å². The molecule has 0 spiro atoms. The van der Waals surface area contributed by atoms with Crippen molar-refractivity contribution in [3.8, 4) is 11.3 Å². The summed E-state index contributed by atoms with van der Waals surface area (Å²) < 4.78 is 0. The number of nitrogens with one attached hydrogen (secondary N) is 3. The number of nitrogens with zero attached hydrogens (tertiary/aromatic N) is 5. The summed E-state index contributed by atoms with van der Waals surface area (Å²) in [4.78, 5) is 35.4. The first-order chi connectivity index (χ1) is 16.2. The number of hydrogen-bond donors (Lipinski definition) is 3. The van der Waals surface area contributed by atoms with Crippen LogP contribution in [0.5, 0.6) is 0 Å². The van der Waals surface area contributed by atoms with Crippen LogP contribution in [0.4, 0.5) is 11.5 Å². The van der Waals surface area contributed by atoms with Crippen LogP contribution in [-0.2, 0) is 4.79 Å². The fourth-order valence-electron chi connectivity index (χ4n) is 4.26. The molecule has 0 saturated carbocycles. The lowest BCUT2D eigenvalue weighted by Crippen LogP contribution is -2.49. The molecular formula is C24H26N8O. The lowest BCUT2D eigenvalue weighted by atomic mass is 10.1. The fraction of sp³-hybridized carbons (Fsp3) is 0.292. The number of aromatic nitrogens is 5. The van der Waals surface area contributed by atoms with Gasteiger partial charge in [0.2, 0.25) is 5.91 Å². The van der Waals surface area contributed by atoms with Gasteiger partial charge in [-0.15, -0.1) is 0 Å². The third-order valence-corrected chi connectivity index (χ3v) is 5.81. The molecular weight excluding hydrogens is 416 g/mol. The van der Waals surface area contributed by atoms with Gasteiger partial charge in [-0.3, -0.25) is 4.79 Å². The van der Waals surface area contributed by atoms with Crippen molar-refractivity contribution >= 4 is 28.4 Å². The minimum absolute atomic E-state index is 0.0281. The number of fused-ring (bicyclic) bond motifs is 1. The van der Waals surface area contributed by atoms with E-state index in [-0.39, 0.29) is 18.5 Å². The largest absolute Gasteiger partial charge is 0.376 e. The third kappa shape index (κ3) is 4.77. The maximum absolute atomic E-state index is 12.7. The molecule has 33 heavy (non-hydrogen) atoms. The Labute approximate surface area is 191 Å². The molecule has 3 N–H and O–H groups in total. The van der Waals surface area contributed by atoms with E-state index in [0.29, 0.717) is 0 Å². The van der Waals surface area contributed by atoms with Crippen LogP contribution in [0.1, 0.15) is 18.7 Å². The SMILES string of the molecule is Cc1nccc(-c2cccc(NCC(=O)N[C@@H]3CCCN(c4ncnc5[nH]ccc45)C3)c2)n1. The van der Waals surface area contributed by atoms with Crippen molar-refractivity contribution in [3.63, 3.8) is 0 Å². The van der Waals surface area contributed by atoms with Crippen LogP contribution in [0, 0.1) is 6.92 Å². The summed E-state index contributed by atoms with van der Waals surface area (Å²) in [5.74, 6) is 1.61. The zero-order valence-electron chi connectivity index (χ0n) is 18.5. The fourth-order valence-corrected chi connectivity index (χ4v) is 4.26. The van der Waals surface area contributed by atoms with Gasteiger partial charge in [0.05, 0.1) is 17.6 Å². The Morgan fingerprint density at radius 3 is 3.06 bits per heavy atom. The number of anilines is 2. The number of piperidine rings is 1. The quantitative estimate of drug-likeness (QED) is 0.421. The lowest BCUT2D eigenvalue weighted by Gasteiger charge is -2.34. The monoisotopic (exact) mass is 442 g/mol. The minimum Gasteiger partial charge on any atom is -0.376 e. The molecule has 1 aliphatic rings.